The second kappa shape index (κ2) is 3.08. The topological polar surface area (TPSA) is 24.9 Å². The fourth-order valence-corrected chi connectivity index (χ4v) is 1.73. The van der Waals surface area contributed by atoms with Crippen molar-refractivity contribution in [2.75, 3.05) is 18.6 Å². The molecule has 1 rings (SSSR count). The number of hydrogen-bond acceptors (Lipinski definition) is 4. The van der Waals surface area contributed by atoms with Gasteiger partial charge < -0.3 is 5.32 Å². The summed E-state index contributed by atoms with van der Waals surface area (Å²) in [6.07, 6.45) is 3.87. The Morgan fingerprint density at radius 3 is 2.89 bits per heavy atom. The standard InChI is InChI=1S/C5H8N2S2/c1-6-4-3-7-5(8-2)9-4/h3,6H,1-2H3. The van der Waals surface area contributed by atoms with Crippen LogP contribution >= 0.6 is 23.1 Å². The fraction of sp³-hybridized carbons (Fsp3) is 0.400. The van der Waals surface area contributed by atoms with Crippen molar-refractivity contribution in [2.24, 2.45) is 0 Å². The summed E-state index contributed by atoms with van der Waals surface area (Å²) in [7, 11) is 1.90. The number of aromatic nitrogens is 1. The van der Waals surface area contributed by atoms with Crippen LogP contribution in [0.3, 0.4) is 0 Å². The predicted molar refractivity (Wildman–Crippen MR) is 43.4 cm³/mol. The lowest BCUT2D eigenvalue weighted by Gasteiger charge is -1.86. The van der Waals surface area contributed by atoms with Crippen molar-refractivity contribution < 1.29 is 0 Å². The molecule has 0 aromatic carbocycles. The summed E-state index contributed by atoms with van der Waals surface area (Å²) in [6.45, 7) is 0. The van der Waals surface area contributed by atoms with E-state index < -0.39 is 0 Å². The second-order valence-electron chi connectivity index (χ2n) is 1.44. The largest absolute Gasteiger partial charge is 0.379 e. The van der Waals surface area contributed by atoms with E-state index in [0.717, 1.165) is 9.34 Å². The Morgan fingerprint density at radius 2 is 2.56 bits per heavy atom. The van der Waals surface area contributed by atoms with Crippen molar-refractivity contribution in [2.45, 2.75) is 4.34 Å². The average molecular weight is 160 g/mol. The Kier molecular flexibility index (Phi) is 2.36. The van der Waals surface area contributed by atoms with E-state index in [1.54, 1.807) is 23.1 Å². The molecule has 0 atom stereocenters. The molecule has 0 bridgehead atoms. The zero-order valence-electron chi connectivity index (χ0n) is 5.34. The predicted octanol–water partition coefficient (Wildman–Crippen LogP) is 1.91. The monoisotopic (exact) mass is 160 g/mol. The van der Waals surface area contributed by atoms with Gasteiger partial charge in [0.1, 0.15) is 5.00 Å². The van der Waals surface area contributed by atoms with Crippen LogP contribution in [0, 0.1) is 0 Å². The first-order chi connectivity index (χ1) is 4.36. The molecule has 4 heteroatoms. The maximum atomic E-state index is 4.12. The van der Waals surface area contributed by atoms with Gasteiger partial charge in [0.25, 0.3) is 0 Å². The minimum absolute atomic E-state index is 1.11. The van der Waals surface area contributed by atoms with Gasteiger partial charge in [0.05, 0.1) is 6.20 Å². The van der Waals surface area contributed by atoms with Gasteiger partial charge in [0.15, 0.2) is 4.34 Å². The number of hydrogen-bond donors (Lipinski definition) is 1. The molecule has 0 aliphatic carbocycles. The molecule has 1 N–H and O–H groups in total. The van der Waals surface area contributed by atoms with Crippen LogP contribution in [-0.4, -0.2) is 18.3 Å². The molecule has 0 aliphatic rings. The highest BCUT2D eigenvalue weighted by Gasteiger charge is 1.95. The van der Waals surface area contributed by atoms with Gasteiger partial charge in [-0.2, -0.15) is 0 Å². The molecule has 9 heavy (non-hydrogen) atoms. The van der Waals surface area contributed by atoms with Crippen LogP contribution in [-0.2, 0) is 0 Å². The minimum Gasteiger partial charge on any atom is -0.379 e. The van der Waals surface area contributed by atoms with Crippen LogP contribution in [0.4, 0.5) is 5.00 Å². The Morgan fingerprint density at radius 1 is 1.78 bits per heavy atom. The SMILES string of the molecule is CNc1cnc(SC)s1. The molecule has 1 heterocycles. The van der Waals surface area contributed by atoms with Crippen LogP contribution in [0.5, 0.6) is 0 Å². The quantitative estimate of drug-likeness (QED) is 0.669. The Balaban J connectivity index is 2.74. The van der Waals surface area contributed by atoms with Gasteiger partial charge >= 0.3 is 0 Å². The number of thiazole rings is 1. The highest BCUT2D eigenvalue weighted by atomic mass is 32.2. The van der Waals surface area contributed by atoms with Gasteiger partial charge in [-0.1, -0.05) is 23.1 Å². The lowest BCUT2D eigenvalue weighted by atomic mass is 10.8. The smallest absolute Gasteiger partial charge is 0.151 e. The number of thioether (sulfide) groups is 1. The Labute approximate surface area is 62.7 Å². The lowest BCUT2D eigenvalue weighted by molar-refractivity contribution is 1.25. The van der Waals surface area contributed by atoms with Gasteiger partial charge in [-0.15, -0.1) is 0 Å². The maximum Gasteiger partial charge on any atom is 0.151 e. The molecule has 2 nitrogen and oxygen atoms in total. The summed E-state index contributed by atoms with van der Waals surface area (Å²) >= 11 is 3.35. The summed E-state index contributed by atoms with van der Waals surface area (Å²) in [5.41, 5.74) is 0. The molecule has 0 fully saturated rings. The Hall–Kier alpha value is -0.220. The number of nitrogens with one attached hydrogen (secondary N) is 1. The van der Waals surface area contributed by atoms with E-state index in [0.29, 0.717) is 0 Å². The summed E-state index contributed by atoms with van der Waals surface area (Å²) in [5, 5.41) is 4.15. The summed E-state index contributed by atoms with van der Waals surface area (Å²) in [4.78, 5) is 4.12. The van der Waals surface area contributed by atoms with Crippen LogP contribution in [0.1, 0.15) is 0 Å². The van der Waals surface area contributed by atoms with Crippen molar-refractivity contribution in [3.05, 3.63) is 6.20 Å². The van der Waals surface area contributed by atoms with E-state index in [9.17, 15) is 0 Å². The average Bonchev–Trinajstić information content (AvgIpc) is 2.34. The summed E-state index contributed by atoms with van der Waals surface area (Å²) in [6, 6.07) is 0. The van der Waals surface area contributed by atoms with Gasteiger partial charge in [-0.3, -0.25) is 0 Å². The highest BCUT2D eigenvalue weighted by molar-refractivity contribution is 8.00. The first-order valence-corrected chi connectivity index (χ1v) is 4.58. The lowest BCUT2D eigenvalue weighted by Crippen LogP contribution is -1.80. The van der Waals surface area contributed by atoms with E-state index in [1.807, 2.05) is 19.5 Å². The van der Waals surface area contributed by atoms with E-state index in [-0.39, 0.29) is 0 Å². The third-order valence-electron chi connectivity index (χ3n) is 0.906. The second-order valence-corrected chi connectivity index (χ2v) is 3.53. The normalized spacial score (nSPS) is 9.56. The molecule has 0 aliphatic heterocycles. The third-order valence-corrected chi connectivity index (χ3v) is 2.92. The summed E-state index contributed by atoms with van der Waals surface area (Å²) < 4.78 is 1.11. The third kappa shape index (κ3) is 1.59. The number of nitrogens with zero attached hydrogens (tertiary/aromatic N) is 1. The number of rotatable bonds is 2. The zero-order chi connectivity index (χ0) is 6.69. The van der Waals surface area contributed by atoms with Crippen LogP contribution in [0.15, 0.2) is 10.5 Å². The van der Waals surface area contributed by atoms with Crippen molar-refractivity contribution in [3.63, 3.8) is 0 Å². The first kappa shape index (κ1) is 6.89. The zero-order valence-corrected chi connectivity index (χ0v) is 6.97. The number of anilines is 1. The van der Waals surface area contributed by atoms with Crippen molar-refractivity contribution in [1.29, 1.82) is 0 Å². The highest BCUT2D eigenvalue weighted by Crippen LogP contribution is 2.24. The van der Waals surface area contributed by atoms with Crippen LogP contribution in [0.2, 0.25) is 0 Å². The molecular formula is C5H8N2S2. The van der Waals surface area contributed by atoms with E-state index in [1.165, 1.54) is 0 Å². The molecule has 0 saturated heterocycles. The van der Waals surface area contributed by atoms with Crippen molar-refractivity contribution >= 4 is 28.1 Å². The van der Waals surface area contributed by atoms with Gasteiger partial charge in [-0.25, -0.2) is 4.98 Å². The van der Waals surface area contributed by atoms with Crippen molar-refractivity contribution in [1.82, 2.24) is 4.98 Å². The van der Waals surface area contributed by atoms with E-state index in [2.05, 4.69) is 10.3 Å². The molecule has 1 aromatic heterocycles. The fourth-order valence-electron chi connectivity index (χ4n) is 0.468. The van der Waals surface area contributed by atoms with Gasteiger partial charge in [0.2, 0.25) is 0 Å². The molecule has 50 valence electrons. The first-order valence-electron chi connectivity index (χ1n) is 2.54. The molecular weight excluding hydrogens is 152 g/mol. The molecule has 0 spiro atoms. The summed E-state index contributed by atoms with van der Waals surface area (Å²) in [5.74, 6) is 0. The minimum atomic E-state index is 1.11. The maximum absolute atomic E-state index is 4.12. The molecule has 0 unspecified atom stereocenters. The van der Waals surface area contributed by atoms with Crippen molar-refractivity contribution in [3.8, 4) is 0 Å². The van der Waals surface area contributed by atoms with Crippen LogP contribution in [0.25, 0.3) is 0 Å². The molecule has 0 radical (unpaired) electrons. The molecule has 1 aromatic rings. The molecule has 0 saturated carbocycles. The van der Waals surface area contributed by atoms with E-state index >= 15 is 0 Å². The van der Waals surface area contributed by atoms with Gasteiger partial charge in [0, 0.05) is 7.05 Å². The van der Waals surface area contributed by atoms with E-state index in [4.69, 9.17) is 0 Å². The van der Waals surface area contributed by atoms with Gasteiger partial charge in [-0.05, 0) is 6.26 Å². The van der Waals surface area contributed by atoms with Crippen LogP contribution < -0.4 is 5.32 Å². The molecule has 0 amide bonds. The Bertz CT molecular complexity index is 166.